The molecule has 3 N–H and O–H groups in total. The molecule has 0 saturated carbocycles. The summed E-state index contributed by atoms with van der Waals surface area (Å²) in [5.41, 5.74) is 4.17. The molecule has 0 radical (unpaired) electrons. The molecule has 3 aromatic rings. The number of para-hydroxylation sites is 1. The van der Waals surface area contributed by atoms with Gasteiger partial charge in [0.1, 0.15) is 5.69 Å². The Labute approximate surface area is 315 Å². The summed E-state index contributed by atoms with van der Waals surface area (Å²) in [5, 5.41) is 18.5. The number of ether oxygens (including phenoxy) is 2. The highest BCUT2D eigenvalue weighted by Gasteiger charge is 2.30. The van der Waals surface area contributed by atoms with Crippen LogP contribution in [0.1, 0.15) is 92.6 Å². The number of hydrogen-bond acceptors (Lipinski definition) is 8. The second-order valence-electron chi connectivity index (χ2n) is 15.1. The summed E-state index contributed by atoms with van der Waals surface area (Å²) >= 11 is 0. The zero-order valence-electron chi connectivity index (χ0n) is 32.9. The van der Waals surface area contributed by atoms with Crippen LogP contribution in [0.3, 0.4) is 0 Å². The van der Waals surface area contributed by atoms with E-state index in [1.807, 2.05) is 81.8 Å². The molecule has 12 nitrogen and oxygen atoms in total. The predicted octanol–water partition coefficient (Wildman–Crippen LogP) is 5.89. The van der Waals surface area contributed by atoms with Crippen LogP contribution in [0.5, 0.6) is 0 Å². The van der Waals surface area contributed by atoms with Crippen molar-refractivity contribution in [3.8, 4) is 22.5 Å². The van der Waals surface area contributed by atoms with Crippen LogP contribution in [0.4, 0.5) is 5.69 Å². The average molecular weight is 732 g/mol. The highest BCUT2D eigenvalue weighted by molar-refractivity contribution is 6.01. The van der Waals surface area contributed by atoms with Crippen molar-refractivity contribution in [2.75, 3.05) is 44.4 Å². The van der Waals surface area contributed by atoms with E-state index in [9.17, 15) is 14.4 Å². The molecule has 1 aromatic heterocycles. The van der Waals surface area contributed by atoms with Crippen molar-refractivity contribution in [2.24, 2.45) is 5.41 Å². The van der Waals surface area contributed by atoms with Gasteiger partial charge in [-0.25, -0.2) is 4.68 Å². The molecule has 1 unspecified atom stereocenters. The summed E-state index contributed by atoms with van der Waals surface area (Å²) in [4.78, 5) is 40.9. The quantitative estimate of drug-likeness (QED) is 0.115. The van der Waals surface area contributed by atoms with Gasteiger partial charge in [-0.2, -0.15) is 0 Å². The number of hydrogen-bond donors (Lipinski definition) is 3. The van der Waals surface area contributed by atoms with Gasteiger partial charge in [0, 0.05) is 74.8 Å². The largest absolute Gasteiger partial charge is 0.380 e. The molecular formula is C41H61N7O5. The maximum Gasteiger partial charge on any atom is 0.227 e. The lowest BCUT2D eigenvalue weighted by atomic mass is 9.88. The fraction of sp³-hybridized carbons (Fsp3) is 0.585. The van der Waals surface area contributed by atoms with Gasteiger partial charge in [0.25, 0.3) is 0 Å². The highest BCUT2D eigenvalue weighted by Crippen LogP contribution is 2.41. The number of aryl methyl sites for hydroxylation is 1. The van der Waals surface area contributed by atoms with Crippen molar-refractivity contribution in [1.82, 2.24) is 30.9 Å². The summed E-state index contributed by atoms with van der Waals surface area (Å²) in [6, 6.07) is 16.3. The summed E-state index contributed by atoms with van der Waals surface area (Å²) < 4.78 is 13.9. The number of amides is 3. The van der Waals surface area contributed by atoms with Crippen molar-refractivity contribution in [3.05, 3.63) is 54.1 Å². The van der Waals surface area contributed by atoms with E-state index in [1.54, 1.807) is 4.90 Å². The fourth-order valence-electron chi connectivity index (χ4n) is 6.25. The van der Waals surface area contributed by atoms with E-state index >= 15 is 0 Å². The summed E-state index contributed by atoms with van der Waals surface area (Å²) in [5.74, 6) is -0.317. The first-order valence-electron chi connectivity index (χ1n) is 19.3. The molecule has 1 aliphatic heterocycles. The van der Waals surface area contributed by atoms with E-state index in [4.69, 9.17) is 9.47 Å². The molecule has 3 amide bonds. The average Bonchev–Trinajstić information content (AvgIpc) is 3.54. The SMILES string of the molecule is CCNC(=O)C(C)(C)CCOC(C)(C)CCNC(=O)CCC(=O)N1Cc2ccccc2-c2c(nnn2CCCOCCNC(C)CC)-c2ccccc21. The van der Waals surface area contributed by atoms with Crippen molar-refractivity contribution in [3.63, 3.8) is 0 Å². The molecule has 12 heteroatoms. The van der Waals surface area contributed by atoms with Crippen molar-refractivity contribution >= 4 is 23.4 Å². The minimum atomic E-state index is -0.525. The summed E-state index contributed by atoms with van der Waals surface area (Å²) in [6.45, 7) is 18.6. The first-order valence-corrected chi connectivity index (χ1v) is 19.3. The van der Waals surface area contributed by atoms with Gasteiger partial charge in [0.15, 0.2) is 0 Å². The summed E-state index contributed by atoms with van der Waals surface area (Å²) in [7, 11) is 0. The Morgan fingerprint density at radius 1 is 0.887 bits per heavy atom. The van der Waals surface area contributed by atoms with Crippen LogP contribution in [0.25, 0.3) is 22.5 Å². The Morgan fingerprint density at radius 3 is 2.38 bits per heavy atom. The standard InChI is InChI=1S/C41H61N7O5/c1-8-30(3)43-24-28-52-26-14-25-48-38-32-16-11-10-15-31(32)29-47(34-18-13-12-17-33(34)37(38)45-46-48)36(50)20-19-35(49)44-23-21-41(6,7)53-27-22-40(4,5)39(51)42-9-2/h10-13,15-18,30,43H,8-9,14,19-29H2,1-7H3,(H,42,51)(H,44,49). The third kappa shape index (κ3) is 11.9. The van der Waals surface area contributed by atoms with Crippen LogP contribution in [-0.2, 0) is 36.9 Å². The van der Waals surface area contributed by atoms with Gasteiger partial charge in [-0.05, 0) is 65.0 Å². The number of carbonyl (C=O) groups excluding carboxylic acids is 3. The van der Waals surface area contributed by atoms with Gasteiger partial charge < -0.3 is 30.3 Å². The Bertz CT molecular complexity index is 1650. The molecule has 290 valence electrons. The molecule has 2 heterocycles. The maximum absolute atomic E-state index is 13.9. The minimum Gasteiger partial charge on any atom is -0.380 e. The summed E-state index contributed by atoms with van der Waals surface area (Å²) in [6.07, 6.45) is 3.19. The van der Waals surface area contributed by atoms with E-state index in [1.165, 1.54) is 0 Å². The lowest BCUT2D eigenvalue weighted by Gasteiger charge is -2.29. The molecule has 4 rings (SSSR count). The van der Waals surface area contributed by atoms with Gasteiger partial charge in [-0.15, -0.1) is 5.10 Å². The topological polar surface area (TPSA) is 140 Å². The second-order valence-corrected chi connectivity index (χ2v) is 15.1. The minimum absolute atomic E-state index is 0.0117. The molecular weight excluding hydrogens is 670 g/mol. The van der Waals surface area contributed by atoms with Gasteiger partial charge in [-0.1, -0.05) is 68.4 Å². The number of anilines is 1. The number of rotatable bonds is 21. The number of fused-ring (bicyclic) bond motifs is 5. The number of nitrogens with zero attached hydrogens (tertiary/aromatic N) is 4. The molecule has 1 atom stereocenters. The van der Waals surface area contributed by atoms with E-state index < -0.39 is 11.0 Å². The molecule has 0 saturated heterocycles. The number of nitrogens with one attached hydrogen (secondary N) is 3. The Morgan fingerprint density at radius 2 is 1.62 bits per heavy atom. The van der Waals surface area contributed by atoms with E-state index in [2.05, 4.69) is 46.2 Å². The van der Waals surface area contributed by atoms with Gasteiger partial charge in [0.05, 0.1) is 30.1 Å². The van der Waals surface area contributed by atoms with Crippen LogP contribution in [0, 0.1) is 5.41 Å². The third-order valence-electron chi connectivity index (χ3n) is 9.88. The molecule has 0 bridgehead atoms. The van der Waals surface area contributed by atoms with E-state index in [0.717, 1.165) is 53.2 Å². The van der Waals surface area contributed by atoms with Crippen LogP contribution in [0.15, 0.2) is 48.5 Å². The lowest BCUT2D eigenvalue weighted by Crippen LogP contribution is -2.39. The first kappa shape index (κ1) is 41.6. The molecule has 0 spiro atoms. The zero-order chi connectivity index (χ0) is 38.4. The lowest BCUT2D eigenvalue weighted by molar-refractivity contribution is -0.131. The van der Waals surface area contributed by atoms with E-state index in [-0.39, 0.29) is 30.6 Å². The second kappa shape index (κ2) is 19.8. The first-order chi connectivity index (χ1) is 25.4. The molecule has 0 fully saturated rings. The van der Waals surface area contributed by atoms with Crippen molar-refractivity contribution < 1.29 is 23.9 Å². The monoisotopic (exact) mass is 731 g/mol. The highest BCUT2D eigenvalue weighted by atomic mass is 16.5. The Hall–Kier alpha value is -4.13. The number of benzene rings is 2. The maximum atomic E-state index is 13.9. The van der Waals surface area contributed by atoms with Crippen LogP contribution in [-0.4, -0.2) is 83.8 Å². The van der Waals surface area contributed by atoms with Crippen molar-refractivity contribution in [1.29, 1.82) is 0 Å². The molecule has 2 aromatic carbocycles. The molecule has 1 aliphatic rings. The normalized spacial score (nSPS) is 13.3. The van der Waals surface area contributed by atoms with Crippen LogP contribution < -0.4 is 20.9 Å². The van der Waals surface area contributed by atoms with Crippen LogP contribution >= 0.6 is 0 Å². The van der Waals surface area contributed by atoms with E-state index in [0.29, 0.717) is 64.9 Å². The number of aromatic nitrogens is 3. The smallest absolute Gasteiger partial charge is 0.227 e. The van der Waals surface area contributed by atoms with Gasteiger partial charge in [0.2, 0.25) is 17.7 Å². The number of carbonyl (C=O) groups is 3. The molecule has 53 heavy (non-hydrogen) atoms. The predicted molar refractivity (Wildman–Crippen MR) is 209 cm³/mol. The van der Waals surface area contributed by atoms with Crippen molar-refractivity contribution in [2.45, 2.75) is 112 Å². The zero-order valence-corrected chi connectivity index (χ0v) is 32.9. The van der Waals surface area contributed by atoms with Gasteiger partial charge in [-0.3, -0.25) is 14.4 Å². The fourth-order valence-corrected chi connectivity index (χ4v) is 6.25. The van der Waals surface area contributed by atoms with Gasteiger partial charge >= 0.3 is 0 Å². The van der Waals surface area contributed by atoms with Crippen LogP contribution in [0.2, 0.25) is 0 Å². The third-order valence-corrected chi connectivity index (χ3v) is 9.88. The molecule has 0 aliphatic carbocycles. The Kier molecular flexibility index (Phi) is 15.6. The Balaban J connectivity index is 1.35.